The standard InChI is InChI=1S/C17H16FNO3/c18-10-5-6-14-12(7-10)11-3-1-2-4-13(11)19(14)15-8-22-9-16(20)17(15)21/h1-7,15-17,20-21H,8-9H2/t15-,16-,17+/m0/s1. The normalized spacial score (nSPS) is 25.9. The van der Waals surface area contributed by atoms with Crippen molar-refractivity contribution in [1.29, 1.82) is 0 Å². The van der Waals surface area contributed by atoms with E-state index >= 15 is 0 Å². The molecule has 1 aliphatic rings. The number of rotatable bonds is 1. The fraction of sp³-hybridized carbons (Fsp3) is 0.294. The maximum atomic E-state index is 13.6. The fourth-order valence-corrected chi connectivity index (χ4v) is 3.32. The van der Waals surface area contributed by atoms with Gasteiger partial charge in [-0.2, -0.15) is 0 Å². The van der Waals surface area contributed by atoms with E-state index in [9.17, 15) is 14.6 Å². The van der Waals surface area contributed by atoms with Gasteiger partial charge in [0.25, 0.3) is 0 Å². The Bertz CT molecular complexity index is 844. The zero-order chi connectivity index (χ0) is 15.3. The van der Waals surface area contributed by atoms with Crippen LogP contribution in [0.3, 0.4) is 0 Å². The minimum atomic E-state index is -0.921. The lowest BCUT2D eigenvalue weighted by Crippen LogP contribution is -2.44. The number of ether oxygens (including phenoxy) is 1. The Balaban J connectivity index is 2.02. The number of hydrogen-bond donors (Lipinski definition) is 2. The lowest BCUT2D eigenvalue weighted by molar-refractivity contribution is -0.113. The van der Waals surface area contributed by atoms with E-state index in [2.05, 4.69) is 0 Å². The highest BCUT2D eigenvalue weighted by molar-refractivity contribution is 6.08. The van der Waals surface area contributed by atoms with Gasteiger partial charge in [0.15, 0.2) is 0 Å². The van der Waals surface area contributed by atoms with Gasteiger partial charge in [-0.05, 0) is 24.3 Å². The first-order valence-corrected chi connectivity index (χ1v) is 7.29. The van der Waals surface area contributed by atoms with Crippen molar-refractivity contribution in [2.75, 3.05) is 13.2 Å². The van der Waals surface area contributed by atoms with Crippen LogP contribution in [0.2, 0.25) is 0 Å². The monoisotopic (exact) mass is 301 g/mol. The van der Waals surface area contributed by atoms with Crippen LogP contribution in [0, 0.1) is 5.82 Å². The van der Waals surface area contributed by atoms with Crippen LogP contribution in [0.15, 0.2) is 42.5 Å². The van der Waals surface area contributed by atoms with Crippen molar-refractivity contribution in [2.24, 2.45) is 0 Å². The first-order valence-electron chi connectivity index (χ1n) is 7.29. The molecule has 0 aliphatic carbocycles. The van der Waals surface area contributed by atoms with Crippen LogP contribution in [0.25, 0.3) is 21.8 Å². The lowest BCUT2D eigenvalue weighted by Gasteiger charge is -2.33. The first-order chi connectivity index (χ1) is 10.7. The predicted octanol–water partition coefficient (Wildman–Crippen LogP) is 2.23. The SMILES string of the molecule is O[C@H]1[C@@H](O)COC[C@@H]1n1c2ccccc2c2cc(F)ccc21. The summed E-state index contributed by atoms with van der Waals surface area (Å²) in [6.45, 7) is 0.437. The molecule has 5 heteroatoms. The molecule has 1 aliphatic heterocycles. The molecule has 1 fully saturated rings. The molecule has 1 aromatic heterocycles. The van der Waals surface area contributed by atoms with Crippen molar-refractivity contribution in [3.63, 3.8) is 0 Å². The van der Waals surface area contributed by atoms with Gasteiger partial charge in [0.05, 0.1) is 19.3 Å². The highest BCUT2D eigenvalue weighted by atomic mass is 19.1. The van der Waals surface area contributed by atoms with E-state index in [0.29, 0.717) is 6.61 Å². The van der Waals surface area contributed by atoms with Gasteiger partial charge >= 0.3 is 0 Å². The maximum absolute atomic E-state index is 13.6. The van der Waals surface area contributed by atoms with Crippen LogP contribution in [0.4, 0.5) is 4.39 Å². The minimum absolute atomic E-state index is 0.128. The van der Waals surface area contributed by atoms with Crippen molar-refractivity contribution in [1.82, 2.24) is 4.57 Å². The zero-order valence-electron chi connectivity index (χ0n) is 11.8. The molecule has 0 unspecified atom stereocenters. The van der Waals surface area contributed by atoms with E-state index in [-0.39, 0.29) is 12.4 Å². The van der Waals surface area contributed by atoms with Crippen molar-refractivity contribution >= 4 is 21.8 Å². The van der Waals surface area contributed by atoms with Crippen LogP contribution < -0.4 is 0 Å². The lowest BCUT2D eigenvalue weighted by atomic mass is 10.0. The summed E-state index contributed by atoms with van der Waals surface area (Å²) in [5, 5.41) is 22.0. The third-order valence-corrected chi connectivity index (χ3v) is 4.37. The molecule has 4 nitrogen and oxygen atoms in total. The Morgan fingerprint density at radius 1 is 1.00 bits per heavy atom. The van der Waals surface area contributed by atoms with Gasteiger partial charge in [-0.3, -0.25) is 0 Å². The van der Waals surface area contributed by atoms with Crippen molar-refractivity contribution < 1.29 is 19.3 Å². The van der Waals surface area contributed by atoms with Crippen molar-refractivity contribution in [3.05, 3.63) is 48.3 Å². The maximum Gasteiger partial charge on any atom is 0.123 e. The van der Waals surface area contributed by atoms with Gasteiger partial charge in [-0.1, -0.05) is 18.2 Å². The molecule has 1 saturated heterocycles. The van der Waals surface area contributed by atoms with Crippen LogP contribution in [-0.4, -0.2) is 40.2 Å². The van der Waals surface area contributed by atoms with E-state index in [0.717, 1.165) is 21.8 Å². The third kappa shape index (κ3) is 1.94. The molecule has 22 heavy (non-hydrogen) atoms. The largest absolute Gasteiger partial charge is 0.388 e. The second-order valence-electron chi connectivity index (χ2n) is 5.71. The average molecular weight is 301 g/mol. The Morgan fingerprint density at radius 2 is 1.77 bits per heavy atom. The molecule has 4 rings (SSSR count). The molecular weight excluding hydrogens is 285 g/mol. The molecule has 3 atom stereocenters. The molecule has 114 valence electrons. The summed E-state index contributed by atoms with van der Waals surface area (Å²) in [6.07, 6.45) is -1.84. The number of nitrogens with zero attached hydrogens (tertiary/aromatic N) is 1. The van der Waals surface area contributed by atoms with Gasteiger partial charge in [-0.25, -0.2) is 4.39 Å². The average Bonchev–Trinajstić information content (AvgIpc) is 2.84. The quantitative estimate of drug-likeness (QED) is 0.724. The molecule has 3 aromatic rings. The summed E-state index contributed by atoms with van der Waals surface area (Å²) in [6, 6.07) is 11.9. The van der Waals surface area contributed by atoms with Gasteiger partial charge in [0.2, 0.25) is 0 Å². The molecular formula is C17H16FNO3. The summed E-state index contributed by atoms with van der Waals surface area (Å²) in [4.78, 5) is 0. The van der Waals surface area contributed by atoms with Gasteiger partial charge in [0.1, 0.15) is 18.0 Å². The van der Waals surface area contributed by atoms with E-state index < -0.39 is 18.2 Å². The molecule has 0 radical (unpaired) electrons. The fourth-order valence-electron chi connectivity index (χ4n) is 3.32. The molecule has 0 bridgehead atoms. The number of aliphatic hydroxyl groups is 2. The summed E-state index contributed by atoms with van der Waals surface area (Å²) in [5.74, 6) is -0.295. The number of benzene rings is 2. The number of hydrogen-bond acceptors (Lipinski definition) is 3. The van der Waals surface area contributed by atoms with Crippen molar-refractivity contribution in [3.8, 4) is 0 Å². The highest BCUT2D eigenvalue weighted by Gasteiger charge is 2.34. The number of halogens is 1. The number of para-hydroxylation sites is 1. The Hall–Kier alpha value is -1.95. The summed E-state index contributed by atoms with van der Waals surface area (Å²) in [7, 11) is 0. The Labute approximate surface area is 126 Å². The van der Waals surface area contributed by atoms with E-state index in [1.54, 1.807) is 6.07 Å². The van der Waals surface area contributed by atoms with E-state index in [4.69, 9.17) is 4.74 Å². The van der Waals surface area contributed by atoms with Crippen LogP contribution in [0.5, 0.6) is 0 Å². The number of aromatic nitrogens is 1. The Morgan fingerprint density at radius 3 is 2.64 bits per heavy atom. The second kappa shape index (κ2) is 5.05. The van der Waals surface area contributed by atoms with E-state index in [1.165, 1.54) is 12.1 Å². The molecule has 0 amide bonds. The second-order valence-corrected chi connectivity index (χ2v) is 5.71. The summed E-state index contributed by atoms with van der Waals surface area (Å²) >= 11 is 0. The molecule has 2 N–H and O–H groups in total. The van der Waals surface area contributed by atoms with Gasteiger partial charge in [0, 0.05) is 21.8 Å². The van der Waals surface area contributed by atoms with Crippen LogP contribution in [-0.2, 0) is 4.74 Å². The Kier molecular flexibility index (Phi) is 3.14. The topological polar surface area (TPSA) is 54.6 Å². The first kappa shape index (κ1) is 13.7. The van der Waals surface area contributed by atoms with Crippen LogP contribution in [0.1, 0.15) is 6.04 Å². The van der Waals surface area contributed by atoms with Gasteiger partial charge < -0.3 is 19.5 Å². The zero-order valence-corrected chi connectivity index (χ0v) is 11.8. The molecule has 0 spiro atoms. The van der Waals surface area contributed by atoms with E-state index in [1.807, 2.05) is 28.8 Å². The minimum Gasteiger partial charge on any atom is -0.388 e. The smallest absolute Gasteiger partial charge is 0.123 e. The predicted molar refractivity (Wildman–Crippen MR) is 81.3 cm³/mol. The van der Waals surface area contributed by atoms with Crippen LogP contribution >= 0.6 is 0 Å². The third-order valence-electron chi connectivity index (χ3n) is 4.37. The number of fused-ring (bicyclic) bond motifs is 3. The molecule has 2 heterocycles. The highest BCUT2D eigenvalue weighted by Crippen LogP contribution is 2.35. The molecule has 0 saturated carbocycles. The van der Waals surface area contributed by atoms with Crippen molar-refractivity contribution in [2.45, 2.75) is 18.2 Å². The number of aliphatic hydroxyl groups excluding tert-OH is 2. The molecule has 2 aromatic carbocycles. The summed E-state index contributed by atoms with van der Waals surface area (Å²) < 4.78 is 21.0. The summed E-state index contributed by atoms with van der Waals surface area (Å²) in [5.41, 5.74) is 1.72. The van der Waals surface area contributed by atoms with Gasteiger partial charge in [-0.15, -0.1) is 0 Å².